The number of ether oxygens (including phenoxy) is 1. The number of hydrogen-bond acceptors (Lipinski definition) is 5. The summed E-state index contributed by atoms with van der Waals surface area (Å²) in [6.07, 6.45) is 0.578. The van der Waals surface area contributed by atoms with E-state index in [2.05, 4.69) is 0 Å². The maximum Gasteiger partial charge on any atom is 0.530 e. The van der Waals surface area contributed by atoms with E-state index in [1.165, 1.54) is 0 Å². The van der Waals surface area contributed by atoms with E-state index in [4.69, 9.17) is 18.0 Å². The van der Waals surface area contributed by atoms with E-state index < -0.39 is 8.80 Å². The summed E-state index contributed by atoms with van der Waals surface area (Å²) in [6, 6.07) is 0. The molecule has 5 nitrogen and oxygen atoms in total. The molecule has 0 aliphatic heterocycles. The van der Waals surface area contributed by atoms with E-state index in [0.717, 1.165) is 6.42 Å². The zero-order valence-corrected chi connectivity index (χ0v) is 16.3. The Morgan fingerprint density at radius 3 is 1.68 bits per heavy atom. The SMILES string of the molecule is CCCOC(=O)C(C)=C[Si](OC(C)C)(OC(C)C)OC(C)C. The molecule has 0 aliphatic rings. The van der Waals surface area contributed by atoms with Gasteiger partial charge in [-0.2, -0.15) is 0 Å². The fraction of sp³-hybridized carbons (Fsp3) is 0.812. The first kappa shape index (κ1) is 21.3. The van der Waals surface area contributed by atoms with Crippen molar-refractivity contribution >= 4 is 14.8 Å². The van der Waals surface area contributed by atoms with Crippen LogP contribution in [0.5, 0.6) is 0 Å². The van der Waals surface area contributed by atoms with Gasteiger partial charge in [0.1, 0.15) is 0 Å². The van der Waals surface area contributed by atoms with Crippen LogP contribution in [0.15, 0.2) is 11.3 Å². The summed E-state index contributed by atoms with van der Waals surface area (Å²) in [5, 5.41) is 0. The molecule has 0 radical (unpaired) electrons. The number of esters is 1. The normalized spacial score (nSPS) is 13.3. The minimum atomic E-state index is -3.11. The molecule has 0 atom stereocenters. The Morgan fingerprint density at radius 1 is 0.955 bits per heavy atom. The van der Waals surface area contributed by atoms with Crippen molar-refractivity contribution in [3.05, 3.63) is 11.3 Å². The van der Waals surface area contributed by atoms with Crippen molar-refractivity contribution in [3.63, 3.8) is 0 Å². The molecule has 0 spiro atoms. The van der Waals surface area contributed by atoms with Crippen LogP contribution in [0.3, 0.4) is 0 Å². The van der Waals surface area contributed by atoms with Crippen molar-refractivity contribution in [1.82, 2.24) is 0 Å². The van der Waals surface area contributed by atoms with Crippen molar-refractivity contribution in [3.8, 4) is 0 Å². The summed E-state index contributed by atoms with van der Waals surface area (Å²) < 4.78 is 23.1. The summed E-state index contributed by atoms with van der Waals surface area (Å²) in [5.74, 6) is -0.356. The Balaban J connectivity index is 5.44. The Kier molecular flexibility index (Phi) is 9.83. The lowest BCUT2D eigenvalue weighted by atomic mass is 10.4. The predicted molar refractivity (Wildman–Crippen MR) is 89.4 cm³/mol. The van der Waals surface area contributed by atoms with E-state index in [1.54, 1.807) is 12.6 Å². The second-order valence-electron chi connectivity index (χ2n) is 6.07. The van der Waals surface area contributed by atoms with Crippen LogP contribution in [0.2, 0.25) is 0 Å². The number of carbonyl (C=O) groups excluding carboxylic acids is 1. The minimum absolute atomic E-state index is 0.0696. The van der Waals surface area contributed by atoms with E-state index >= 15 is 0 Å². The van der Waals surface area contributed by atoms with Crippen molar-refractivity contribution in [2.24, 2.45) is 0 Å². The lowest BCUT2D eigenvalue weighted by Crippen LogP contribution is -2.50. The zero-order valence-electron chi connectivity index (χ0n) is 15.3. The van der Waals surface area contributed by atoms with Crippen LogP contribution in [0.1, 0.15) is 61.8 Å². The topological polar surface area (TPSA) is 54.0 Å². The molecule has 0 aromatic rings. The van der Waals surface area contributed by atoms with Crippen LogP contribution < -0.4 is 0 Å². The average Bonchev–Trinajstić information content (AvgIpc) is 2.32. The Bertz CT molecular complexity index is 337. The summed E-state index contributed by atoms with van der Waals surface area (Å²) >= 11 is 0. The monoisotopic (exact) mass is 332 g/mol. The number of rotatable bonds is 10. The quantitative estimate of drug-likeness (QED) is 0.347. The van der Waals surface area contributed by atoms with E-state index in [9.17, 15) is 4.79 Å². The molecule has 130 valence electrons. The van der Waals surface area contributed by atoms with Crippen LogP contribution in [-0.4, -0.2) is 39.7 Å². The maximum atomic E-state index is 12.0. The molecule has 0 bridgehead atoms. The van der Waals surface area contributed by atoms with Gasteiger partial charge < -0.3 is 18.0 Å². The Labute approximate surface area is 136 Å². The largest absolute Gasteiger partial charge is 0.530 e. The predicted octanol–water partition coefficient (Wildman–Crippen LogP) is 3.64. The second-order valence-corrected chi connectivity index (χ2v) is 8.27. The molecule has 0 rings (SSSR count). The molecule has 0 heterocycles. The van der Waals surface area contributed by atoms with E-state index in [1.807, 2.05) is 48.5 Å². The minimum Gasteiger partial charge on any atom is -0.462 e. The van der Waals surface area contributed by atoms with Crippen LogP contribution in [0, 0.1) is 0 Å². The number of hydrogen-bond donors (Lipinski definition) is 0. The molecule has 0 aromatic heterocycles. The van der Waals surface area contributed by atoms with Crippen LogP contribution in [0.4, 0.5) is 0 Å². The molecule has 0 unspecified atom stereocenters. The Morgan fingerprint density at radius 2 is 1.36 bits per heavy atom. The van der Waals surface area contributed by atoms with Gasteiger partial charge in [-0.3, -0.25) is 0 Å². The van der Waals surface area contributed by atoms with Crippen molar-refractivity contribution in [1.29, 1.82) is 0 Å². The van der Waals surface area contributed by atoms with Gasteiger partial charge in [0.05, 0.1) is 6.61 Å². The first-order chi connectivity index (χ1) is 10.1. The lowest BCUT2D eigenvalue weighted by molar-refractivity contribution is -0.139. The highest BCUT2D eigenvalue weighted by Crippen LogP contribution is 2.21. The van der Waals surface area contributed by atoms with Gasteiger partial charge in [-0.15, -0.1) is 0 Å². The van der Waals surface area contributed by atoms with Gasteiger partial charge in [0.15, 0.2) is 0 Å². The average molecular weight is 333 g/mol. The summed E-state index contributed by atoms with van der Waals surface area (Å²) in [4.78, 5) is 12.0. The summed E-state index contributed by atoms with van der Waals surface area (Å²) in [5.41, 5.74) is 2.16. The molecule has 0 fully saturated rings. The van der Waals surface area contributed by atoms with Gasteiger partial charge in [0.2, 0.25) is 0 Å². The van der Waals surface area contributed by atoms with Crippen LogP contribution in [-0.2, 0) is 22.8 Å². The second kappa shape index (κ2) is 10.2. The van der Waals surface area contributed by atoms with Gasteiger partial charge >= 0.3 is 14.8 Å². The molecule has 0 amide bonds. The number of carbonyl (C=O) groups is 1. The molecular formula is C16H32O5Si. The smallest absolute Gasteiger partial charge is 0.462 e. The fourth-order valence-electron chi connectivity index (χ4n) is 1.80. The van der Waals surface area contributed by atoms with Gasteiger partial charge in [-0.05, 0) is 60.6 Å². The van der Waals surface area contributed by atoms with E-state index in [0.29, 0.717) is 12.2 Å². The summed E-state index contributed by atoms with van der Waals surface area (Å²) in [7, 11) is -3.11. The molecule has 0 aromatic carbocycles. The molecule has 22 heavy (non-hydrogen) atoms. The standard InChI is InChI=1S/C16H32O5Si/c1-9-10-18-16(17)15(8)11-22(19-12(2)3,20-13(4)5)21-14(6)7/h11-14H,9-10H2,1-8H3. The molecule has 0 saturated heterocycles. The van der Waals surface area contributed by atoms with Gasteiger partial charge in [0.25, 0.3) is 0 Å². The molecule has 0 saturated carbocycles. The third-order valence-corrected chi connectivity index (χ3v) is 5.54. The maximum absolute atomic E-state index is 12.0. The highest BCUT2D eigenvalue weighted by molar-refractivity contribution is 6.67. The summed E-state index contributed by atoms with van der Waals surface area (Å²) in [6.45, 7) is 15.6. The fourth-order valence-corrected chi connectivity index (χ4v) is 4.79. The molecule has 0 N–H and O–H groups in total. The highest BCUT2D eigenvalue weighted by atomic mass is 28.4. The van der Waals surface area contributed by atoms with Gasteiger partial charge in [-0.25, -0.2) is 4.79 Å². The van der Waals surface area contributed by atoms with Crippen molar-refractivity contribution < 1.29 is 22.8 Å². The van der Waals surface area contributed by atoms with Crippen LogP contribution >= 0.6 is 0 Å². The van der Waals surface area contributed by atoms with Gasteiger partial charge in [0, 0.05) is 23.9 Å². The third-order valence-electron chi connectivity index (χ3n) is 2.35. The third kappa shape index (κ3) is 8.68. The first-order valence-corrected chi connectivity index (χ1v) is 9.82. The van der Waals surface area contributed by atoms with Crippen molar-refractivity contribution in [2.45, 2.75) is 80.1 Å². The molecule has 0 aliphatic carbocycles. The Hall–Kier alpha value is -0.693. The highest BCUT2D eigenvalue weighted by Gasteiger charge is 2.43. The zero-order chi connectivity index (χ0) is 17.3. The van der Waals surface area contributed by atoms with Gasteiger partial charge in [-0.1, -0.05) is 6.92 Å². The molecular weight excluding hydrogens is 300 g/mol. The lowest BCUT2D eigenvalue weighted by Gasteiger charge is -2.32. The van der Waals surface area contributed by atoms with Crippen molar-refractivity contribution in [2.75, 3.05) is 6.61 Å². The van der Waals surface area contributed by atoms with E-state index in [-0.39, 0.29) is 24.3 Å². The molecule has 6 heteroatoms. The van der Waals surface area contributed by atoms with Crippen LogP contribution in [0.25, 0.3) is 0 Å². The first-order valence-electron chi connectivity index (χ1n) is 8.01.